The van der Waals surface area contributed by atoms with Crippen molar-refractivity contribution in [2.24, 2.45) is 11.7 Å². The molecule has 3 rings (SSSR count). The Hall–Kier alpha value is -1.43. The molecule has 0 spiro atoms. The maximum Gasteiger partial charge on any atom is 0.242 e. The molecule has 2 heterocycles. The quantitative estimate of drug-likeness (QED) is 0.904. The Bertz CT molecular complexity index is 540. The lowest BCUT2D eigenvalue weighted by molar-refractivity contribution is -0.138. The molecule has 2 unspecified atom stereocenters. The number of fused-ring (bicyclic) bond motifs is 1. The molecule has 0 aromatic carbocycles. The number of aromatic nitrogens is 3. The maximum atomic E-state index is 12.7. The molecule has 116 valence electrons. The van der Waals surface area contributed by atoms with E-state index in [1.807, 2.05) is 7.05 Å². The van der Waals surface area contributed by atoms with E-state index in [9.17, 15) is 4.79 Å². The summed E-state index contributed by atoms with van der Waals surface area (Å²) in [6, 6.07) is 0. The summed E-state index contributed by atoms with van der Waals surface area (Å²) in [6.07, 6.45) is 5.90. The van der Waals surface area contributed by atoms with Gasteiger partial charge >= 0.3 is 0 Å². The molecule has 21 heavy (non-hydrogen) atoms. The van der Waals surface area contributed by atoms with Crippen LogP contribution in [0.2, 0.25) is 0 Å². The Morgan fingerprint density at radius 1 is 1.48 bits per heavy atom. The lowest BCUT2D eigenvalue weighted by atomic mass is 9.76. The average molecular weight is 291 g/mol. The van der Waals surface area contributed by atoms with Gasteiger partial charge in [-0.25, -0.2) is 0 Å². The van der Waals surface area contributed by atoms with Crippen molar-refractivity contribution in [1.29, 1.82) is 0 Å². The number of amides is 1. The van der Waals surface area contributed by atoms with Gasteiger partial charge in [-0.1, -0.05) is 19.8 Å². The predicted molar refractivity (Wildman–Crippen MR) is 79.4 cm³/mol. The Labute approximate surface area is 125 Å². The van der Waals surface area contributed by atoms with Gasteiger partial charge in [0.2, 0.25) is 5.91 Å². The molecule has 0 saturated heterocycles. The number of rotatable bonds is 3. The van der Waals surface area contributed by atoms with Crippen LogP contribution in [0.1, 0.15) is 50.7 Å². The SMILES string of the molecule is CC1CCCC(N)(C(=O)N(C)Cc2nnc3n2CCC3)C1. The molecule has 6 nitrogen and oxygen atoms in total. The average Bonchev–Trinajstić information content (AvgIpc) is 3.02. The molecule has 1 saturated carbocycles. The zero-order chi connectivity index (χ0) is 15.0. The first-order valence-electron chi connectivity index (χ1n) is 7.95. The number of likely N-dealkylation sites (N-methyl/N-ethyl adjacent to an activating group) is 1. The molecule has 2 N–H and O–H groups in total. The third kappa shape index (κ3) is 2.69. The number of nitrogens with two attached hydrogens (primary N) is 1. The highest BCUT2D eigenvalue weighted by Crippen LogP contribution is 2.31. The summed E-state index contributed by atoms with van der Waals surface area (Å²) in [5.41, 5.74) is 5.71. The predicted octanol–water partition coefficient (Wildman–Crippen LogP) is 1.09. The number of aryl methyl sites for hydroxylation is 1. The molecule has 1 aliphatic carbocycles. The summed E-state index contributed by atoms with van der Waals surface area (Å²) < 4.78 is 2.14. The summed E-state index contributed by atoms with van der Waals surface area (Å²) in [4.78, 5) is 14.5. The van der Waals surface area contributed by atoms with Crippen LogP contribution in [0.15, 0.2) is 0 Å². The fourth-order valence-electron chi connectivity index (χ4n) is 3.78. The largest absolute Gasteiger partial charge is 0.337 e. The van der Waals surface area contributed by atoms with Gasteiger partial charge < -0.3 is 15.2 Å². The molecule has 6 heteroatoms. The highest BCUT2D eigenvalue weighted by Gasteiger charge is 2.40. The standard InChI is InChI=1S/C15H25N5O/c1-11-5-3-7-15(16,9-11)14(21)19(2)10-13-18-17-12-6-4-8-20(12)13/h11H,3-10,16H2,1-2H3. The van der Waals surface area contributed by atoms with E-state index < -0.39 is 5.54 Å². The van der Waals surface area contributed by atoms with Gasteiger partial charge in [-0.2, -0.15) is 0 Å². The van der Waals surface area contributed by atoms with E-state index in [2.05, 4.69) is 21.7 Å². The van der Waals surface area contributed by atoms with Crippen molar-refractivity contribution in [1.82, 2.24) is 19.7 Å². The van der Waals surface area contributed by atoms with Crippen LogP contribution < -0.4 is 5.73 Å². The topological polar surface area (TPSA) is 77.0 Å². The molecule has 1 aromatic rings. The summed E-state index contributed by atoms with van der Waals surface area (Å²) in [5.74, 6) is 2.49. The molecular formula is C15H25N5O. The molecular weight excluding hydrogens is 266 g/mol. The van der Waals surface area contributed by atoms with Crippen LogP contribution >= 0.6 is 0 Å². The summed E-state index contributed by atoms with van der Waals surface area (Å²) in [6.45, 7) is 3.64. The van der Waals surface area contributed by atoms with Crippen molar-refractivity contribution in [2.45, 2.75) is 64.1 Å². The van der Waals surface area contributed by atoms with Crippen LogP contribution in [-0.4, -0.2) is 38.2 Å². The molecule has 1 aliphatic heterocycles. The number of nitrogens with zero attached hydrogens (tertiary/aromatic N) is 4. The zero-order valence-electron chi connectivity index (χ0n) is 13.0. The van der Waals surface area contributed by atoms with Gasteiger partial charge in [0, 0.05) is 20.0 Å². The first-order valence-corrected chi connectivity index (χ1v) is 7.95. The molecule has 1 fully saturated rings. The zero-order valence-corrected chi connectivity index (χ0v) is 13.0. The van der Waals surface area contributed by atoms with Gasteiger partial charge in [-0.15, -0.1) is 10.2 Å². The summed E-state index contributed by atoms with van der Waals surface area (Å²) in [7, 11) is 1.83. The number of carbonyl (C=O) groups excluding carboxylic acids is 1. The minimum Gasteiger partial charge on any atom is -0.337 e. The lowest BCUT2D eigenvalue weighted by Crippen LogP contribution is -2.56. The monoisotopic (exact) mass is 291 g/mol. The third-order valence-corrected chi connectivity index (χ3v) is 4.87. The van der Waals surface area contributed by atoms with E-state index in [4.69, 9.17) is 5.73 Å². The van der Waals surface area contributed by atoms with Crippen molar-refractivity contribution in [3.05, 3.63) is 11.6 Å². The van der Waals surface area contributed by atoms with E-state index in [-0.39, 0.29) is 5.91 Å². The van der Waals surface area contributed by atoms with Crippen molar-refractivity contribution < 1.29 is 4.79 Å². The number of hydrogen-bond donors (Lipinski definition) is 1. The van der Waals surface area contributed by atoms with Crippen molar-refractivity contribution in [2.75, 3.05) is 7.05 Å². The lowest BCUT2D eigenvalue weighted by Gasteiger charge is -2.37. The highest BCUT2D eigenvalue weighted by atomic mass is 16.2. The van der Waals surface area contributed by atoms with E-state index in [1.165, 1.54) is 6.42 Å². The molecule has 0 radical (unpaired) electrons. The minimum absolute atomic E-state index is 0.0457. The van der Waals surface area contributed by atoms with Crippen LogP contribution in [-0.2, 0) is 24.3 Å². The second-order valence-electron chi connectivity index (χ2n) is 6.81. The van der Waals surface area contributed by atoms with Gasteiger partial charge in [0.15, 0.2) is 5.82 Å². The maximum absolute atomic E-state index is 12.7. The van der Waals surface area contributed by atoms with Crippen molar-refractivity contribution >= 4 is 5.91 Å². The summed E-state index contributed by atoms with van der Waals surface area (Å²) in [5, 5.41) is 8.42. The fourth-order valence-corrected chi connectivity index (χ4v) is 3.78. The second kappa shape index (κ2) is 5.40. The Morgan fingerprint density at radius 2 is 2.29 bits per heavy atom. The van der Waals surface area contributed by atoms with Crippen molar-refractivity contribution in [3.8, 4) is 0 Å². The van der Waals surface area contributed by atoms with Crippen LogP contribution in [0.4, 0.5) is 0 Å². The molecule has 0 bridgehead atoms. The van der Waals surface area contributed by atoms with E-state index >= 15 is 0 Å². The van der Waals surface area contributed by atoms with Crippen LogP contribution in [0, 0.1) is 5.92 Å². The van der Waals surface area contributed by atoms with E-state index in [0.717, 1.165) is 50.3 Å². The molecule has 1 aromatic heterocycles. The minimum atomic E-state index is -0.694. The van der Waals surface area contributed by atoms with Crippen LogP contribution in [0.25, 0.3) is 0 Å². The van der Waals surface area contributed by atoms with Gasteiger partial charge in [0.25, 0.3) is 0 Å². The first kappa shape index (κ1) is 14.5. The smallest absolute Gasteiger partial charge is 0.242 e. The Morgan fingerprint density at radius 3 is 3.05 bits per heavy atom. The molecule has 2 atom stereocenters. The van der Waals surface area contributed by atoms with Gasteiger partial charge in [0.05, 0.1) is 12.1 Å². The van der Waals surface area contributed by atoms with Crippen LogP contribution in [0.5, 0.6) is 0 Å². The van der Waals surface area contributed by atoms with E-state index in [0.29, 0.717) is 12.5 Å². The summed E-state index contributed by atoms with van der Waals surface area (Å²) >= 11 is 0. The van der Waals surface area contributed by atoms with Gasteiger partial charge in [-0.3, -0.25) is 4.79 Å². The number of hydrogen-bond acceptors (Lipinski definition) is 4. The third-order valence-electron chi connectivity index (χ3n) is 4.87. The van der Waals surface area contributed by atoms with Crippen molar-refractivity contribution in [3.63, 3.8) is 0 Å². The molecule has 1 amide bonds. The normalized spacial score (nSPS) is 28.4. The Kier molecular flexibility index (Phi) is 3.73. The second-order valence-corrected chi connectivity index (χ2v) is 6.81. The van der Waals surface area contributed by atoms with Crippen LogP contribution in [0.3, 0.4) is 0 Å². The molecule has 2 aliphatic rings. The number of carbonyl (C=O) groups is 1. The fraction of sp³-hybridized carbons (Fsp3) is 0.800. The Balaban J connectivity index is 1.69. The highest BCUT2D eigenvalue weighted by molar-refractivity contribution is 5.86. The van der Waals surface area contributed by atoms with Gasteiger partial charge in [-0.05, 0) is 25.2 Å². The van der Waals surface area contributed by atoms with Gasteiger partial charge in [0.1, 0.15) is 5.82 Å². The van der Waals surface area contributed by atoms with E-state index in [1.54, 1.807) is 4.90 Å². The first-order chi connectivity index (χ1) is 9.99.